The summed E-state index contributed by atoms with van der Waals surface area (Å²) in [4.78, 5) is 0. The lowest BCUT2D eigenvalue weighted by Crippen LogP contribution is -2.36. The second kappa shape index (κ2) is 3.71. The van der Waals surface area contributed by atoms with Crippen molar-refractivity contribution in [3.8, 4) is 0 Å². The number of ether oxygens (including phenoxy) is 3. The summed E-state index contributed by atoms with van der Waals surface area (Å²) in [6, 6.07) is 0. The van der Waals surface area contributed by atoms with Crippen LogP contribution in [0.2, 0.25) is 0 Å². The standard InChI is InChI=1S/C7H14O3/c1-6(2)7(8-3,9-4)10-5/h1H2,2-5H3. The molecule has 0 radical (unpaired) electrons. The Hall–Kier alpha value is -0.380. The van der Waals surface area contributed by atoms with Gasteiger partial charge in [-0.2, -0.15) is 0 Å². The molecule has 0 N–H and O–H groups in total. The molecule has 0 saturated carbocycles. The van der Waals surface area contributed by atoms with E-state index in [9.17, 15) is 0 Å². The van der Waals surface area contributed by atoms with E-state index in [-0.39, 0.29) is 0 Å². The van der Waals surface area contributed by atoms with Gasteiger partial charge >= 0.3 is 5.97 Å². The van der Waals surface area contributed by atoms with Gasteiger partial charge in [0.25, 0.3) is 0 Å². The van der Waals surface area contributed by atoms with Crippen molar-refractivity contribution < 1.29 is 14.2 Å². The molecule has 0 aliphatic heterocycles. The van der Waals surface area contributed by atoms with Crippen LogP contribution in [0.4, 0.5) is 0 Å². The lowest BCUT2D eigenvalue weighted by atomic mass is 10.3. The Kier molecular flexibility index (Phi) is 3.57. The fraction of sp³-hybridized carbons (Fsp3) is 0.714. The fourth-order valence-corrected chi connectivity index (χ4v) is 0.773. The first-order chi connectivity index (χ1) is 4.63. The molecule has 10 heavy (non-hydrogen) atoms. The molecule has 0 aromatic heterocycles. The average molecular weight is 146 g/mol. The van der Waals surface area contributed by atoms with Crippen molar-refractivity contribution in [2.75, 3.05) is 21.3 Å². The zero-order valence-electron chi connectivity index (χ0n) is 6.93. The molecular formula is C7H14O3. The van der Waals surface area contributed by atoms with Gasteiger partial charge in [0.2, 0.25) is 0 Å². The summed E-state index contributed by atoms with van der Waals surface area (Å²) in [7, 11) is 4.50. The molecule has 0 amide bonds. The molecule has 0 rings (SSSR count). The van der Waals surface area contributed by atoms with Crippen molar-refractivity contribution in [2.45, 2.75) is 12.9 Å². The Labute approximate surface area is 61.6 Å². The molecular weight excluding hydrogens is 132 g/mol. The second-order valence-electron chi connectivity index (χ2n) is 1.95. The Balaban J connectivity index is 4.31. The summed E-state index contributed by atoms with van der Waals surface area (Å²) >= 11 is 0. The van der Waals surface area contributed by atoms with Crippen molar-refractivity contribution in [3.05, 3.63) is 12.2 Å². The van der Waals surface area contributed by atoms with Gasteiger partial charge in [-0.05, 0) is 6.92 Å². The lowest BCUT2D eigenvalue weighted by Gasteiger charge is -2.28. The van der Waals surface area contributed by atoms with Gasteiger partial charge in [0.05, 0.1) is 0 Å². The highest BCUT2D eigenvalue weighted by atomic mass is 16.9. The van der Waals surface area contributed by atoms with Gasteiger partial charge in [-0.25, -0.2) is 0 Å². The molecule has 0 spiro atoms. The minimum Gasteiger partial charge on any atom is -0.327 e. The normalized spacial score (nSPS) is 11.6. The molecule has 0 heterocycles. The molecule has 3 heteroatoms. The Morgan fingerprint density at radius 3 is 1.40 bits per heavy atom. The third-order valence-electron chi connectivity index (χ3n) is 1.33. The van der Waals surface area contributed by atoms with Crippen LogP contribution in [0.1, 0.15) is 6.92 Å². The maximum absolute atomic E-state index is 4.95. The predicted molar refractivity (Wildman–Crippen MR) is 38.6 cm³/mol. The van der Waals surface area contributed by atoms with Crippen LogP contribution in [0.15, 0.2) is 12.2 Å². The van der Waals surface area contributed by atoms with E-state index >= 15 is 0 Å². The number of hydrogen-bond acceptors (Lipinski definition) is 3. The number of hydrogen-bond donors (Lipinski definition) is 0. The molecule has 60 valence electrons. The van der Waals surface area contributed by atoms with Crippen LogP contribution < -0.4 is 0 Å². The van der Waals surface area contributed by atoms with Crippen LogP contribution in [0.25, 0.3) is 0 Å². The third-order valence-corrected chi connectivity index (χ3v) is 1.33. The molecule has 0 aromatic carbocycles. The molecule has 0 unspecified atom stereocenters. The van der Waals surface area contributed by atoms with E-state index in [1.54, 1.807) is 6.92 Å². The zero-order chi connectivity index (χ0) is 8.20. The highest BCUT2D eigenvalue weighted by Gasteiger charge is 2.30. The lowest BCUT2D eigenvalue weighted by molar-refractivity contribution is -0.325. The molecule has 0 saturated heterocycles. The largest absolute Gasteiger partial charge is 0.327 e. The highest BCUT2D eigenvalue weighted by Crippen LogP contribution is 2.20. The topological polar surface area (TPSA) is 27.7 Å². The first kappa shape index (κ1) is 9.62. The van der Waals surface area contributed by atoms with Crippen LogP contribution in [-0.2, 0) is 14.2 Å². The summed E-state index contributed by atoms with van der Waals surface area (Å²) in [5.74, 6) is -1.07. The molecule has 3 nitrogen and oxygen atoms in total. The van der Waals surface area contributed by atoms with Crippen molar-refractivity contribution in [1.29, 1.82) is 0 Å². The summed E-state index contributed by atoms with van der Waals surface area (Å²) < 4.78 is 14.9. The number of rotatable bonds is 4. The summed E-state index contributed by atoms with van der Waals surface area (Å²) in [5, 5.41) is 0. The van der Waals surface area contributed by atoms with Gasteiger partial charge in [-0.15, -0.1) is 0 Å². The first-order valence-corrected chi connectivity index (χ1v) is 2.94. The smallest absolute Gasteiger partial charge is 0.306 e. The molecule has 0 aliphatic carbocycles. The first-order valence-electron chi connectivity index (χ1n) is 2.94. The maximum atomic E-state index is 4.95. The van der Waals surface area contributed by atoms with Crippen LogP contribution in [0.5, 0.6) is 0 Å². The van der Waals surface area contributed by atoms with Crippen LogP contribution in [0.3, 0.4) is 0 Å². The average Bonchev–Trinajstić information content (AvgIpc) is 1.92. The van der Waals surface area contributed by atoms with E-state index in [0.29, 0.717) is 5.57 Å². The Morgan fingerprint density at radius 2 is 1.40 bits per heavy atom. The van der Waals surface area contributed by atoms with Gasteiger partial charge in [-0.1, -0.05) is 6.58 Å². The fourth-order valence-electron chi connectivity index (χ4n) is 0.773. The summed E-state index contributed by atoms with van der Waals surface area (Å²) in [6.45, 7) is 5.44. The maximum Gasteiger partial charge on any atom is 0.306 e. The third kappa shape index (κ3) is 1.56. The van der Waals surface area contributed by atoms with Crippen molar-refractivity contribution in [3.63, 3.8) is 0 Å². The van der Waals surface area contributed by atoms with Gasteiger partial charge in [0.15, 0.2) is 0 Å². The SMILES string of the molecule is C=C(C)C(OC)(OC)OC. The van der Waals surface area contributed by atoms with Gasteiger partial charge in [0, 0.05) is 26.9 Å². The quantitative estimate of drug-likeness (QED) is 0.440. The van der Waals surface area contributed by atoms with Crippen molar-refractivity contribution in [1.82, 2.24) is 0 Å². The molecule has 0 aromatic rings. The van der Waals surface area contributed by atoms with E-state index in [0.717, 1.165) is 0 Å². The van der Waals surface area contributed by atoms with Crippen LogP contribution in [0, 0.1) is 0 Å². The van der Waals surface area contributed by atoms with E-state index in [1.807, 2.05) is 0 Å². The monoisotopic (exact) mass is 146 g/mol. The molecule has 0 fully saturated rings. The predicted octanol–water partition coefficient (Wildman–Crippen LogP) is 1.16. The zero-order valence-corrected chi connectivity index (χ0v) is 6.93. The minimum absolute atomic E-state index is 0.681. The van der Waals surface area contributed by atoms with Crippen molar-refractivity contribution >= 4 is 0 Å². The van der Waals surface area contributed by atoms with Gasteiger partial charge in [-0.3, -0.25) is 0 Å². The molecule has 0 bridgehead atoms. The molecule has 0 atom stereocenters. The van der Waals surface area contributed by atoms with Crippen LogP contribution in [-0.4, -0.2) is 27.3 Å². The van der Waals surface area contributed by atoms with E-state index in [2.05, 4.69) is 6.58 Å². The Bertz CT molecular complexity index is 108. The van der Waals surface area contributed by atoms with Crippen molar-refractivity contribution in [2.24, 2.45) is 0 Å². The van der Waals surface area contributed by atoms with E-state index < -0.39 is 5.97 Å². The second-order valence-corrected chi connectivity index (χ2v) is 1.95. The minimum atomic E-state index is -1.07. The molecule has 0 aliphatic rings. The highest BCUT2D eigenvalue weighted by molar-refractivity contribution is 4.98. The van der Waals surface area contributed by atoms with Gasteiger partial charge in [0.1, 0.15) is 0 Å². The van der Waals surface area contributed by atoms with E-state index in [4.69, 9.17) is 14.2 Å². The van der Waals surface area contributed by atoms with Crippen LogP contribution >= 0.6 is 0 Å². The summed E-state index contributed by atoms with van der Waals surface area (Å²) in [5.41, 5.74) is 0.681. The van der Waals surface area contributed by atoms with Gasteiger partial charge < -0.3 is 14.2 Å². The van der Waals surface area contributed by atoms with E-state index in [1.165, 1.54) is 21.3 Å². The Morgan fingerprint density at radius 1 is 1.10 bits per heavy atom. The summed E-state index contributed by atoms with van der Waals surface area (Å²) in [6.07, 6.45) is 0. The number of methoxy groups -OCH3 is 3.